The SMILES string of the molecule is O=C(c1cncs1)c1ccccc1NS(=O)(=O)c1ccccc1. The highest BCUT2D eigenvalue weighted by Gasteiger charge is 2.19. The lowest BCUT2D eigenvalue weighted by molar-refractivity contribution is 0.104. The molecule has 0 amide bonds. The fraction of sp³-hybridized carbons (Fsp3) is 0. The Morgan fingerprint density at radius 3 is 2.39 bits per heavy atom. The van der Waals surface area contributed by atoms with Crippen LogP contribution in [0.25, 0.3) is 0 Å². The van der Waals surface area contributed by atoms with Crippen LogP contribution in [0.4, 0.5) is 5.69 Å². The summed E-state index contributed by atoms with van der Waals surface area (Å²) in [7, 11) is -3.75. The Kier molecular flexibility index (Phi) is 4.22. The Hall–Kier alpha value is -2.51. The van der Waals surface area contributed by atoms with Gasteiger partial charge in [0.05, 0.1) is 21.0 Å². The quantitative estimate of drug-likeness (QED) is 0.721. The minimum atomic E-state index is -3.75. The largest absolute Gasteiger partial charge is 0.288 e. The predicted molar refractivity (Wildman–Crippen MR) is 89.2 cm³/mol. The van der Waals surface area contributed by atoms with E-state index in [1.54, 1.807) is 48.0 Å². The van der Waals surface area contributed by atoms with Gasteiger partial charge in [-0.2, -0.15) is 0 Å². The number of carbonyl (C=O) groups excluding carboxylic acids is 1. The molecule has 1 aromatic heterocycles. The van der Waals surface area contributed by atoms with Gasteiger partial charge in [0.25, 0.3) is 10.0 Å². The molecule has 1 N–H and O–H groups in total. The van der Waals surface area contributed by atoms with E-state index in [1.165, 1.54) is 29.7 Å². The maximum Gasteiger partial charge on any atom is 0.261 e. The molecule has 0 bridgehead atoms. The topological polar surface area (TPSA) is 76.1 Å². The van der Waals surface area contributed by atoms with Gasteiger partial charge in [-0.15, -0.1) is 11.3 Å². The number of rotatable bonds is 5. The van der Waals surface area contributed by atoms with Crippen molar-refractivity contribution in [3.63, 3.8) is 0 Å². The maximum atomic E-state index is 12.5. The average Bonchev–Trinajstić information content (AvgIpc) is 3.10. The first kappa shape index (κ1) is 15.4. The number of thiazole rings is 1. The van der Waals surface area contributed by atoms with E-state index in [9.17, 15) is 13.2 Å². The lowest BCUT2D eigenvalue weighted by Gasteiger charge is -2.11. The Bertz CT molecular complexity index is 921. The van der Waals surface area contributed by atoms with Crippen LogP contribution in [0.15, 0.2) is 71.2 Å². The Morgan fingerprint density at radius 2 is 1.70 bits per heavy atom. The number of sulfonamides is 1. The molecule has 5 nitrogen and oxygen atoms in total. The molecular formula is C16H12N2O3S2. The summed E-state index contributed by atoms with van der Waals surface area (Å²) in [5.74, 6) is -0.265. The molecule has 0 aliphatic carbocycles. The van der Waals surface area contributed by atoms with Crippen LogP contribution in [0.1, 0.15) is 15.2 Å². The van der Waals surface area contributed by atoms with Gasteiger partial charge in [0.15, 0.2) is 0 Å². The highest BCUT2D eigenvalue weighted by atomic mass is 32.2. The van der Waals surface area contributed by atoms with Gasteiger partial charge in [-0.3, -0.25) is 14.5 Å². The van der Waals surface area contributed by atoms with Gasteiger partial charge in [0.1, 0.15) is 0 Å². The zero-order chi connectivity index (χ0) is 16.3. The van der Waals surface area contributed by atoms with Crippen LogP contribution in [-0.4, -0.2) is 19.2 Å². The second kappa shape index (κ2) is 6.31. The van der Waals surface area contributed by atoms with Crippen molar-refractivity contribution in [2.75, 3.05) is 4.72 Å². The van der Waals surface area contributed by atoms with E-state index in [4.69, 9.17) is 0 Å². The van der Waals surface area contributed by atoms with Gasteiger partial charge in [0.2, 0.25) is 5.78 Å². The number of aromatic nitrogens is 1. The molecule has 3 rings (SSSR count). The number of para-hydroxylation sites is 1. The van der Waals surface area contributed by atoms with Crippen molar-refractivity contribution in [2.45, 2.75) is 4.90 Å². The van der Waals surface area contributed by atoms with Crippen LogP contribution in [0.2, 0.25) is 0 Å². The van der Waals surface area contributed by atoms with Crippen LogP contribution in [0, 0.1) is 0 Å². The van der Waals surface area contributed by atoms with Gasteiger partial charge in [-0.25, -0.2) is 8.42 Å². The van der Waals surface area contributed by atoms with Crippen molar-refractivity contribution in [3.05, 3.63) is 76.7 Å². The van der Waals surface area contributed by atoms with E-state index in [0.717, 1.165) is 0 Å². The van der Waals surface area contributed by atoms with E-state index in [2.05, 4.69) is 9.71 Å². The van der Waals surface area contributed by atoms with Gasteiger partial charge in [0, 0.05) is 11.8 Å². The van der Waals surface area contributed by atoms with Gasteiger partial charge in [-0.1, -0.05) is 30.3 Å². The van der Waals surface area contributed by atoms with Crippen LogP contribution in [-0.2, 0) is 10.0 Å². The molecule has 0 saturated carbocycles. The zero-order valence-corrected chi connectivity index (χ0v) is 13.5. The summed E-state index contributed by atoms with van der Waals surface area (Å²) >= 11 is 1.21. The third-order valence-corrected chi connectivity index (χ3v) is 5.28. The van der Waals surface area contributed by atoms with Crippen LogP contribution in [0.3, 0.4) is 0 Å². The summed E-state index contributed by atoms with van der Waals surface area (Å²) in [5, 5.41) is 0. The minimum Gasteiger partial charge on any atom is -0.288 e. The van der Waals surface area contributed by atoms with Gasteiger partial charge in [-0.05, 0) is 24.3 Å². The normalized spacial score (nSPS) is 11.1. The molecule has 0 spiro atoms. The first-order chi connectivity index (χ1) is 11.1. The summed E-state index contributed by atoms with van der Waals surface area (Å²) in [6, 6.07) is 14.5. The molecule has 0 unspecified atom stereocenters. The molecule has 23 heavy (non-hydrogen) atoms. The van der Waals surface area contributed by atoms with E-state index in [1.807, 2.05) is 0 Å². The standard InChI is InChI=1S/C16H12N2O3S2/c19-16(15-10-17-11-22-15)13-8-4-5-9-14(13)18-23(20,21)12-6-2-1-3-7-12/h1-11,18H. The fourth-order valence-electron chi connectivity index (χ4n) is 2.03. The lowest BCUT2D eigenvalue weighted by Crippen LogP contribution is -2.15. The molecule has 7 heteroatoms. The number of hydrogen-bond donors (Lipinski definition) is 1. The minimum absolute atomic E-state index is 0.139. The van der Waals surface area contributed by atoms with Crippen molar-refractivity contribution < 1.29 is 13.2 Å². The number of anilines is 1. The third kappa shape index (κ3) is 3.30. The van der Waals surface area contributed by atoms with Crippen LogP contribution < -0.4 is 4.72 Å². The lowest BCUT2D eigenvalue weighted by atomic mass is 10.1. The smallest absolute Gasteiger partial charge is 0.261 e. The maximum absolute atomic E-state index is 12.5. The monoisotopic (exact) mass is 344 g/mol. The highest BCUT2D eigenvalue weighted by Crippen LogP contribution is 2.23. The molecule has 0 fully saturated rings. The first-order valence-electron chi connectivity index (χ1n) is 6.68. The average molecular weight is 344 g/mol. The van der Waals surface area contributed by atoms with Crippen molar-refractivity contribution in [3.8, 4) is 0 Å². The van der Waals surface area contributed by atoms with Gasteiger partial charge < -0.3 is 0 Å². The Balaban J connectivity index is 1.97. The highest BCUT2D eigenvalue weighted by molar-refractivity contribution is 7.92. The van der Waals surface area contributed by atoms with E-state index in [-0.39, 0.29) is 21.9 Å². The number of nitrogens with one attached hydrogen (secondary N) is 1. The summed E-state index contributed by atoms with van der Waals surface area (Å²) in [5.41, 5.74) is 2.09. The van der Waals surface area contributed by atoms with Crippen LogP contribution >= 0.6 is 11.3 Å². The number of nitrogens with zero attached hydrogens (tertiary/aromatic N) is 1. The number of benzene rings is 2. The molecule has 0 atom stereocenters. The molecule has 1 heterocycles. The molecule has 2 aromatic carbocycles. The number of ketones is 1. The van der Waals surface area contributed by atoms with E-state index >= 15 is 0 Å². The van der Waals surface area contributed by atoms with E-state index < -0.39 is 10.0 Å². The number of hydrogen-bond acceptors (Lipinski definition) is 5. The Morgan fingerprint density at radius 1 is 1.00 bits per heavy atom. The third-order valence-electron chi connectivity index (χ3n) is 3.13. The van der Waals surface area contributed by atoms with Crippen LogP contribution in [0.5, 0.6) is 0 Å². The molecule has 116 valence electrons. The van der Waals surface area contributed by atoms with Crippen molar-refractivity contribution in [2.24, 2.45) is 0 Å². The second-order valence-electron chi connectivity index (χ2n) is 4.66. The summed E-state index contributed by atoms with van der Waals surface area (Å²) in [4.78, 5) is 17.0. The molecular weight excluding hydrogens is 332 g/mol. The molecule has 0 radical (unpaired) electrons. The molecule has 3 aromatic rings. The van der Waals surface area contributed by atoms with Crippen molar-refractivity contribution in [1.29, 1.82) is 0 Å². The molecule has 0 saturated heterocycles. The predicted octanol–water partition coefficient (Wildman–Crippen LogP) is 3.17. The van der Waals surface area contributed by atoms with Crippen molar-refractivity contribution >= 4 is 32.8 Å². The summed E-state index contributed by atoms with van der Waals surface area (Å²) < 4.78 is 27.3. The first-order valence-corrected chi connectivity index (χ1v) is 9.04. The fourth-order valence-corrected chi connectivity index (χ4v) is 3.71. The van der Waals surface area contributed by atoms with Gasteiger partial charge >= 0.3 is 0 Å². The zero-order valence-electron chi connectivity index (χ0n) is 11.8. The van der Waals surface area contributed by atoms with E-state index in [0.29, 0.717) is 4.88 Å². The number of carbonyl (C=O) groups is 1. The second-order valence-corrected chi connectivity index (χ2v) is 7.23. The molecule has 0 aliphatic rings. The van der Waals surface area contributed by atoms with Crippen molar-refractivity contribution in [1.82, 2.24) is 4.98 Å². The summed E-state index contributed by atoms with van der Waals surface area (Å²) in [6.45, 7) is 0. The Labute approximate surface area is 137 Å². The molecule has 0 aliphatic heterocycles. The summed E-state index contributed by atoms with van der Waals surface area (Å²) in [6.07, 6.45) is 1.47.